The van der Waals surface area contributed by atoms with Gasteiger partial charge in [-0.25, -0.2) is 4.98 Å². The lowest BCUT2D eigenvalue weighted by Gasteiger charge is -2.05. The van der Waals surface area contributed by atoms with E-state index in [0.29, 0.717) is 13.1 Å². The van der Waals surface area contributed by atoms with Crippen LogP contribution >= 0.6 is 0 Å². The van der Waals surface area contributed by atoms with Gasteiger partial charge < -0.3 is 10.3 Å². The first-order valence-electron chi connectivity index (χ1n) is 4.86. The number of rotatable bonds is 4. The van der Waals surface area contributed by atoms with Crippen molar-refractivity contribution < 1.29 is 0 Å². The number of imidazole rings is 1. The van der Waals surface area contributed by atoms with Crippen LogP contribution in [0.1, 0.15) is 11.4 Å². The molecule has 0 amide bonds. The maximum atomic E-state index is 5.51. The first-order chi connectivity index (χ1) is 7.40. The zero-order valence-electron chi connectivity index (χ0n) is 8.37. The number of hydrogen-bond acceptors (Lipinski definition) is 4. The maximum Gasteiger partial charge on any atom is 0.0951 e. The lowest BCUT2D eigenvalue weighted by Crippen LogP contribution is -2.10. The fourth-order valence-electron chi connectivity index (χ4n) is 1.44. The van der Waals surface area contributed by atoms with E-state index in [-0.39, 0.29) is 0 Å². The average molecular weight is 203 g/mol. The molecule has 0 aliphatic rings. The number of hydrogen-bond donors (Lipinski definition) is 1. The summed E-state index contributed by atoms with van der Waals surface area (Å²) in [6, 6.07) is 3.82. The molecule has 2 N–H and O–H groups in total. The predicted octanol–water partition coefficient (Wildman–Crippen LogP) is 0.223. The second kappa shape index (κ2) is 4.65. The van der Waals surface area contributed by atoms with Crippen molar-refractivity contribution in [1.29, 1.82) is 0 Å². The van der Waals surface area contributed by atoms with Crippen molar-refractivity contribution in [1.82, 2.24) is 19.7 Å². The highest BCUT2D eigenvalue weighted by molar-refractivity contribution is 5.05. The van der Waals surface area contributed by atoms with Crippen LogP contribution in [0.5, 0.6) is 0 Å². The van der Waals surface area contributed by atoms with Gasteiger partial charge in [-0.2, -0.15) is 10.2 Å². The minimum atomic E-state index is 0.631. The van der Waals surface area contributed by atoms with Gasteiger partial charge in [0.1, 0.15) is 0 Å². The minimum absolute atomic E-state index is 0.631. The van der Waals surface area contributed by atoms with E-state index in [1.807, 2.05) is 22.9 Å². The molecule has 0 saturated carbocycles. The average Bonchev–Trinajstić information content (AvgIpc) is 2.68. The third-order valence-electron chi connectivity index (χ3n) is 2.16. The second-order valence-electron chi connectivity index (χ2n) is 3.27. The normalized spacial score (nSPS) is 10.5. The third-order valence-corrected chi connectivity index (χ3v) is 2.16. The second-order valence-corrected chi connectivity index (χ2v) is 3.27. The molecule has 0 unspecified atom stereocenters. The van der Waals surface area contributed by atoms with Gasteiger partial charge in [0.05, 0.1) is 18.6 Å². The number of aromatic nitrogens is 4. The Bertz CT molecular complexity index is 409. The van der Waals surface area contributed by atoms with Crippen LogP contribution in [0.3, 0.4) is 0 Å². The third kappa shape index (κ3) is 2.38. The molecule has 0 aromatic carbocycles. The highest BCUT2D eigenvalue weighted by Crippen LogP contribution is 2.03. The molecule has 0 radical (unpaired) electrons. The van der Waals surface area contributed by atoms with E-state index in [9.17, 15) is 0 Å². The van der Waals surface area contributed by atoms with Gasteiger partial charge in [0.15, 0.2) is 0 Å². The molecule has 15 heavy (non-hydrogen) atoms. The molecule has 0 saturated heterocycles. The Kier molecular flexibility index (Phi) is 3.04. The molecule has 2 heterocycles. The van der Waals surface area contributed by atoms with E-state index < -0.39 is 0 Å². The van der Waals surface area contributed by atoms with Crippen LogP contribution < -0.4 is 5.73 Å². The van der Waals surface area contributed by atoms with E-state index >= 15 is 0 Å². The van der Waals surface area contributed by atoms with E-state index in [2.05, 4.69) is 15.2 Å². The van der Waals surface area contributed by atoms with Gasteiger partial charge in [-0.1, -0.05) is 0 Å². The molecule has 0 atom stereocenters. The van der Waals surface area contributed by atoms with Crippen LogP contribution in [0, 0.1) is 0 Å². The van der Waals surface area contributed by atoms with Gasteiger partial charge in [0, 0.05) is 24.5 Å². The number of nitrogens with zero attached hydrogens (tertiary/aromatic N) is 4. The lowest BCUT2D eigenvalue weighted by molar-refractivity contribution is 0.706. The fraction of sp³-hybridized carbons (Fsp3) is 0.300. The summed E-state index contributed by atoms with van der Waals surface area (Å²) >= 11 is 0. The summed E-state index contributed by atoms with van der Waals surface area (Å²) in [5, 5.41) is 7.86. The SMILES string of the molecule is NCCc1cncn1Cc1cccnn1. The van der Waals surface area contributed by atoms with Crippen molar-refractivity contribution in [3.63, 3.8) is 0 Å². The molecule has 78 valence electrons. The van der Waals surface area contributed by atoms with Crippen molar-refractivity contribution in [2.75, 3.05) is 6.54 Å². The van der Waals surface area contributed by atoms with Gasteiger partial charge in [-0.15, -0.1) is 0 Å². The first-order valence-corrected chi connectivity index (χ1v) is 4.86. The molecular formula is C10H13N5. The standard InChI is InChI=1S/C10H13N5/c11-4-3-10-6-12-8-15(10)7-9-2-1-5-13-14-9/h1-2,5-6,8H,3-4,7,11H2. The largest absolute Gasteiger partial charge is 0.330 e. The van der Waals surface area contributed by atoms with E-state index in [1.165, 1.54) is 0 Å². The van der Waals surface area contributed by atoms with Gasteiger partial charge in [0.2, 0.25) is 0 Å². The summed E-state index contributed by atoms with van der Waals surface area (Å²) in [6.07, 6.45) is 6.13. The Morgan fingerprint density at radius 1 is 1.40 bits per heavy atom. The smallest absolute Gasteiger partial charge is 0.0951 e. The summed E-state index contributed by atoms with van der Waals surface area (Å²) in [5.41, 5.74) is 7.57. The summed E-state index contributed by atoms with van der Waals surface area (Å²) in [5.74, 6) is 0. The Morgan fingerprint density at radius 2 is 2.33 bits per heavy atom. The van der Waals surface area contributed by atoms with Crippen LogP contribution in [0.4, 0.5) is 0 Å². The van der Waals surface area contributed by atoms with Crippen LogP contribution in [0.25, 0.3) is 0 Å². The van der Waals surface area contributed by atoms with E-state index in [1.54, 1.807) is 12.5 Å². The molecule has 0 aliphatic heterocycles. The van der Waals surface area contributed by atoms with Crippen LogP contribution in [-0.2, 0) is 13.0 Å². The van der Waals surface area contributed by atoms with Crippen LogP contribution in [0.2, 0.25) is 0 Å². The Balaban J connectivity index is 2.14. The monoisotopic (exact) mass is 203 g/mol. The van der Waals surface area contributed by atoms with Crippen molar-refractivity contribution in [3.05, 3.63) is 42.2 Å². The summed E-state index contributed by atoms with van der Waals surface area (Å²) < 4.78 is 2.04. The topological polar surface area (TPSA) is 69.6 Å². The van der Waals surface area contributed by atoms with Crippen LogP contribution in [-0.4, -0.2) is 26.3 Å². The lowest BCUT2D eigenvalue weighted by atomic mass is 10.3. The Hall–Kier alpha value is -1.75. The minimum Gasteiger partial charge on any atom is -0.330 e. The molecule has 0 aliphatic carbocycles. The van der Waals surface area contributed by atoms with Crippen molar-refractivity contribution in [2.24, 2.45) is 5.73 Å². The Labute approximate surface area is 88.0 Å². The van der Waals surface area contributed by atoms with Crippen LogP contribution in [0.15, 0.2) is 30.9 Å². The fourth-order valence-corrected chi connectivity index (χ4v) is 1.44. The molecule has 2 rings (SSSR count). The summed E-state index contributed by atoms with van der Waals surface area (Å²) in [7, 11) is 0. The van der Waals surface area contributed by atoms with Gasteiger partial charge in [0.25, 0.3) is 0 Å². The maximum absolute atomic E-state index is 5.51. The predicted molar refractivity (Wildman–Crippen MR) is 56.1 cm³/mol. The first kappa shape index (κ1) is 9.79. The molecule has 2 aromatic heterocycles. The van der Waals surface area contributed by atoms with E-state index in [4.69, 9.17) is 5.73 Å². The zero-order chi connectivity index (χ0) is 10.5. The highest BCUT2D eigenvalue weighted by Gasteiger charge is 2.02. The molecule has 2 aromatic rings. The van der Waals surface area contributed by atoms with Gasteiger partial charge in [-0.05, 0) is 18.7 Å². The quantitative estimate of drug-likeness (QED) is 0.771. The Morgan fingerprint density at radius 3 is 3.07 bits per heavy atom. The summed E-state index contributed by atoms with van der Waals surface area (Å²) in [4.78, 5) is 4.10. The molecule has 0 bridgehead atoms. The van der Waals surface area contributed by atoms with Crippen molar-refractivity contribution in [2.45, 2.75) is 13.0 Å². The molecule has 5 heteroatoms. The highest BCUT2D eigenvalue weighted by atomic mass is 15.1. The zero-order valence-corrected chi connectivity index (χ0v) is 8.37. The molecule has 0 fully saturated rings. The van der Waals surface area contributed by atoms with Crippen molar-refractivity contribution >= 4 is 0 Å². The van der Waals surface area contributed by atoms with Gasteiger partial charge >= 0.3 is 0 Å². The molecule has 0 spiro atoms. The van der Waals surface area contributed by atoms with E-state index in [0.717, 1.165) is 17.8 Å². The molecular weight excluding hydrogens is 190 g/mol. The molecule has 5 nitrogen and oxygen atoms in total. The number of nitrogens with two attached hydrogens (primary N) is 1. The van der Waals surface area contributed by atoms with Gasteiger partial charge in [-0.3, -0.25) is 0 Å². The van der Waals surface area contributed by atoms with Crippen molar-refractivity contribution in [3.8, 4) is 0 Å². The summed E-state index contributed by atoms with van der Waals surface area (Å²) in [6.45, 7) is 1.33.